The second kappa shape index (κ2) is 15.7. The van der Waals surface area contributed by atoms with Crippen molar-refractivity contribution in [3.63, 3.8) is 0 Å². The largest absolute Gasteiger partial charge is 0.490 e. The molecule has 4 bridgehead atoms. The molecular weight excluding hydrogens is 782 g/mol. The van der Waals surface area contributed by atoms with Crippen molar-refractivity contribution in [1.82, 2.24) is 18.8 Å². The number of carbonyl (C=O) groups excluding carboxylic acids is 2. The molecule has 4 aliphatic heterocycles. The number of hydrogen-bond donors (Lipinski definition) is 2. The van der Waals surface area contributed by atoms with E-state index in [1.54, 1.807) is 25.2 Å². The molecule has 0 unspecified atom stereocenters. The Morgan fingerprint density at radius 3 is 2.60 bits per heavy atom. The minimum atomic E-state index is -4.22. The van der Waals surface area contributed by atoms with E-state index in [9.17, 15) is 23.1 Å². The number of halogens is 1. The standard InChI is InChI=1S/C43H56ClN5O8S/c1-46-13-3-2-7-37(56-21-18-47-16-19-55-20-17-47)39-31-24-42(39,25-31)28-48-27-41(12-4-6-30-22-33(44)9-10-34(30)41)29-57-36-11-8-32(23-35(36)48)43(52,26-38(46)50)40(51)45-58(53,54)49-14-5-15-49/h2,7-11,22-23,31,37,39,52H,3-6,12-21,24-29H2,1H3,(H,45,51)/b7-2+/t31?,37-,39-,41-,42?,43+/m0/s1. The smallest absolute Gasteiger partial charge is 0.303 e. The second-order valence-electron chi connectivity index (χ2n) is 17.9. The van der Waals surface area contributed by atoms with E-state index < -0.39 is 34.0 Å². The average Bonchev–Trinajstić information content (AvgIpc) is 3.29. The van der Waals surface area contributed by atoms with Crippen LogP contribution in [0, 0.1) is 17.3 Å². The second-order valence-corrected chi connectivity index (χ2v) is 20.0. The summed E-state index contributed by atoms with van der Waals surface area (Å²) in [4.78, 5) is 34.3. The summed E-state index contributed by atoms with van der Waals surface area (Å²) in [5.41, 5.74) is 0.417. The van der Waals surface area contributed by atoms with Gasteiger partial charge in [-0.1, -0.05) is 35.9 Å². The van der Waals surface area contributed by atoms with E-state index >= 15 is 0 Å². The number of carbonyl (C=O) groups is 2. The molecule has 4 atom stereocenters. The number of amides is 2. The number of morpholine rings is 1. The lowest BCUT2D eigenvalue weighted by Gasteiger charge is -2.71. The first kappa shape index (κ1) is 40.2. The van der Waals surface area contributed by atoms with Gasteiger partial charge in [-0.05, 0) is 103 Å². The van der Waals surface area contributed by atoms with E-state index in [1.165, 1.54) is 16.0 Å². The number of anilines is 1. The Labute approximate surface area is 346 Å². The molecule has 58 heavy (non-hydrogen) atoms. The molecule has 15 heteroatoms. The first-order valence-corrected chi connectivity index (χ1v) is 22.9. The van der Waals surface area contributed by atoms with Gasteiger partial charge in [0.1, 0.15) is 5.75 Å². The van der Waals surface area contributed by atoms with E-state index in [-0.39, 0.29) is 35.6 Å². The summed E-state index contributed by atoms with van der Waals surface area (Å²) in [6, 6.07) is 11.3. The third kappa shape index (κ3) is 7.34. The van der Waals surface area contributed by atoms with Crippen molar-refractivity contribution in [2.45, 2.75) is 68.5 Å². The number of aliphatic hydroxyl groups is 1. The van der Waals surface area contributed by atoms with Crippen LogP contribution in [-0.2, 0) is 46.7 Å². The summed E-state index contributed by atoms with van der Waals surface area (Å²) in [6.45, 7) is 7.43. The first-order valence-electron chi connectivity index (χ1n) is 21.1. The first-order chi connectivity index (χ1) is 27.9. The zero-order valence-electron chi connectivity index (χ0n) is 33.4. The number of fused-ring (bicyclic) bond motifs is 3. The highest BCUT2D eigenvalue weighted by Gasteiger charge is 2.68. The lowest BCUT2D eigenvalue weighted by atomic mass is 9.36. The van der Waals surface area contributed by atoms with E-state index in [0.29, 0.717) is 74.0 Å². The Balaban J connectivity index is 1.10. The summed E-state index contributed by atoms with van der Waals surface area (Å²) in [6.07, 6.45) is 9.79. The molecule has 2 aromatic rings. The van der Waals surface area contributed by atoms with Crippen LogP contribution in [0.3, 0.4) is 0 Å². The van der Waals surface area contributed by atoms with Gasteiger partial charge in [-0.25, -0.2) is 4.72 Å². The summed E-state index contributed by atoms with van der Waals surface area (Å²) in [5.74, 6) is -0.183. The van der Waals surface area contributed by atoms with Crippen LogP contribution in [0.15, 0.2) is 48.6 Å². The third-order valence-electron chi connectivity index (χ3n) is 14.3. The van der Waals surface area contributed by atoms with Crippen LogP contribution in [0.5, 0.6) is 5.75 Å². The molecule has 5 fully saturated rings. The molecular formula is C43H56ClN5O8S. The molecule has 2 N–H and O–H groups in total. The number of benzene rings is 2. The Morgan fingerprint density at radius 2 is 1.86 bits per heavy atom. The summed E-state index contributed by atoms with van der Waals surface area (Å²) < 4.78 is 48.9. The van der Waals surface area contributed by atoms with Gasteiger partial charge in [0.15, 0.2) is 5.60 Å². The SMILES string of the molecule is CN1CC/C=C/[C@H](OCCN2CCOCC2)[C@@H]2C3CC2(C3)CN2C[C@@]3(CCCc4cc(Cl)ccc43)COc3ccc(cc32)[C@@](O)(C(=O)NS(=O)(=O)N2CCC2)CC1=O. The number of hydrogen-bond acceptors (Lipinski definition) is 10. The normalized spacial score (nSPS) is 33.4. The highest BCUT2D eigenvalue weighted by Crippen LogP contribution is 2.71. The van der Waals surface area contributed by atoms with Crippen LogP contribution in [0.1, 0.15) is 61.6 Å². The lowest BCUT2D eigenvalue weighted by molar-refractivity contribution is -0.226. The van der Waals surface area contributed by atoms with Crippen molar-refractivity contribution in [1.29, 1.82) is 0 Å². The van der Waals surface area contributed by atoms with Gasteiger partial charge in [-0.2, -0.15) is 12.7 Å². The molecule has 2 spiro atoms. The Kier molecular flexibility index (Phi) is 10.8. The van der Waals surface area contributed by atoms with Crippen LogP contribution >= 0.6 is 11.6 Å². The fourth-order valence-corrected chi connectivity index (χ4v) is 12.2. The van der Waals surface area contributed by atoms with Crippen LogP contribution in [0.2, 0.25) is 5.02 Å². The predicted octanol–water partition coefficient (Wildman–Crippen LogP) is 3.62. The van der Waals surface area contributed by atoms with Crippen molar-refractivity contribution in [2.24, 2.45) is 17.3 Å². The molecule has 2 saturated heterocycles. The van der Waals surface area contributed by atoms with E-state index in [4.69, 9.17) is 25.8 Å². The molecule has 4 aliphatic carbocycles. The van der Waals surface area contributed by atoms with Crippen molar-refractivity contribution < 1.29 is 37.3 Å². The highest BCUT2D eigenvalue weighted by atomic mass is 35.5. The zero-order chi connectivity index (χ0) is 40.3. The van der Waals surface area contributed by atoms with Gasteiger partial charge in [-0.15, -0.1) is 0 Å². The number of rotatable bonds is 7. The number of aryl methyl sites for hydroxylation is 1. The molecule has 314 valence electrons. The Hall–Kier alpha value is -3.24. The molecule has 8 aliphatic rings. The quantitative estimate of drug-likeness (QED) is 0.398. The van der Waals surface area contributed by atoms with Gasteiger partial charge in [0.05, 0.1) is 44.6 Å². The predicted molar refractivity (Wildman–Crippen MR) is 219 cm³/mol. The molecule has 4 heterocycles. The van der Waals surface area contributed by atoms with Crippen molar-refractivity contribution in [3.8, 4) is 5.75 Å². The summed E-state index contributed by atoms with van der Waals surface area (Å²) in [5, 5.41) is 13.2. The van der Waals surface area contributed by atoms with Gasteiger partial charge >= 0.3 is 10.2 Å². The molecule has 2 aromatic carbocycles. The minimum Gasteiger partial charge on any atom is -0.490 e. The van der Waals surface area contributed by atoms with Gasteiger partial charge in [0.2, 0.25) is 5.91 Å². The number of nitrogens with zero attached hydrogens (tertiary/aromatic N) is 4. The molecule has 3 saturated carbocycles. The Bertz CT molecular complexity index is 2050. The maximum atomic E-state index is 14.2. The third-order valence-corrected chi connectivity index (χ3v) is 16.0. The van der Waals surface area contributed by atoms with Gasteiger partial charge in [-0.3, -0.25) is 14.5 Å². The monoisotopic (exact) mass is 837 g/mol. The van der Waals surface area contributed by atoms with Gasteiger partial charge in [0, 0.05) is 69.8 Å². The lowest BCUT2D eigenvalue weighted by Crippen LogP contribution is -2.69. The maximum Gasteiger partial charge on any atom is 0.303 e. The fourth-order valence-electron chi connectivity index (χ4n) is 10.8. The fraction of sp³-hybridized carbons (Fsp3) is 0.628. The average molecular weight is 838 g/mol. The van der Waals surface area contributed by atoms with Crippen LogP contribution < -0.4 is 14.4 Å². The summed E-state index contributed by atoms with van der Waals surface area (Å²) in [7, 11) is -2.58. The summed E-state index contributed by atoms with van der Waals surface area (Å²) >= 11 is 6.53. The molecule has 13 nitrogen and oxygen atoms in total. The van der Waals surface area contributed by atoms with E-state index in [2.05, 4.69) is 38.8 Å². The van der Waals surface area contributed by atoms with Gasteiger partial charge in [0.25, 0.3) is 5.91 Å². The molecule has 0 aromatic heterocycles. The van der Waals surface area contributed by atoms with Crippen molar-refractivity contribution in [2.75, 3.05) is 90.7 Å². The molecule has 0 radical (unpaired) electrons. The van der Waals surface area contributed by atoms with Crippen LogP contribution in [-0.4, -0.2) is 131 Å². The topological polar surface area (TPSA) is 141 Å². The Morgan fingerprint density at radius 1 is 1.05 bits per heavy atom. The van der Waals surface area contributed by atoms with Crippen LogP contribution in [0.4, 0.5) is 5.69 Å². The molecule has 10 rings (SSSR count). The van der Waals surface area contributed by atoms with E-state index in [0.717, 1.165) is 69.3 Å². The minimum absolute atomic E-state index is 0.0300. The molecule has 2 amide bonds. The van der Waals surface area contributed by atoms with Crippen LogP contribution in [0.25, 0.3) is 0 Å². The highest BCUT2D eigenvalue weighted by molar-refractivity contribution is 7.87. The van der Waals surface area contributed by atoms with Crippen molar-refractivity contribution in [3.05, 3.63) is 70.3 Å². The van der Waals surface area contributed by atoms with Crippen molar-refractivity contribution >= 4 is 39.3 Å². The number of ether oxygens (including phenoxy) is 3. The maximum absolute atomic E-state index is 14.2. The number of nitrogens with one attached hydrogen (secondary N) is 1. The zero-order valence-corrected chi connectivity index (χ0v) is 34.9. The van der Waals surface area contributed by atoms with Gasteiger partial charge < -0.3 is 29.1 Å². The van der Waals surface area contributed by atoms with E-state index in [1.807, 2.05) is 6.07 Å².